The molecule has 1 unspecified atom stereocenters. The molecule has 1 aromatic rings. The van der Waals surface area contributed by atoms with Gasteiger partial charge in [-0.1, -0.05) is 17.7 Å². The number of aliphatic hydroxyl groups is 1. The van der Waals surface area contributed by atoms with Gasteiger partial charge in [-0.2, -0.15) is 0 Å². The molecule has 0 aromatic heterocycles. The molecule has 0 aliphatic heterocycles. The Kier molecular flexibility index (Phi) is 4.26. The van der Waals surface area contributed by atoms with Crippen molar-refractivity contribution in [3.05, 3.63) is 28.8 Å². The van der Waals surface area contributed by atoms with Crippen LogP contribution in [0.1, 0.15) is 37.4 Å². The number of halogens is 1. The summed E-state index contributed by atoms with van der Waals surface area (Å²) in [6.07, 6.45) is 4.29. The van der Waals surface area contributed by atoms with Crippen molar-refractivity contribution in [2.24, 2.45) is 5.73 Å². The van der Waals surface area contributed by atoms with Gasteiger partial charge in [-0.25, -0.2) is 0 Å². The fourth-order valence-electron chi connectivity index (χ4n) is 2.14. The van der Waals surface area contributed by atoms with Crippen LogP contribution in [-0.4, -0.2) is 17.8 Å². The van der Waals surface area contributed by atoms with Crippen LogP contribution in [0.2, 0.25) is 5.02 Å². The van der Waals surface area contributed by atoms with Crippen molar-refractivity contribution < 1.29 is 9.84 Å². The van der Waals surface area contributed by atoms with Gasteiger partial charge in [0.15, 0.2) is 0 Å². The molecule has 0 amide bonds. The van der Waals surface area contributed by atoms with Crippen molar-refractivity contribution in [1.82, 2.24) is 0 Å². The minimum atomic E-state index is -0.659. The highest BCUT2D eigenvalue weighted by molar-refractivity contribution is 6.32. The zero-order valence-corrected chi connectivity index (χ0v) is 10.5. The Hall–Kier alpha value is -0.770. The van der Waals surface area contributed by atoms with Crippen LogP contribution < -0.4 is 10.5 Å². The molecule has 4 heteroatoms. The number of aliphatic hydroxyl groups excluding tert-OH is 1. The van der Waals surface area contributed by atoms with E-state index in [-0.39, 0.29) is 12.6 Å². The van der Waals surface area contributed by atoms with Gasteiger partial charge in [-0.05, 0) is 43.4 Å². The zero-order valence-electron chi connectivity index (χ0n) is 9.73. The lowest BCUT2D eigenvalue weighted by Crippen LogP contribution is -2.13. The summed E-state index contributed by atoms with van der Waals surface area (Å²) in [7, 11) is 0. The normalized spacial score (nSPS) is 18.3. The molecule has 17 heavy (non-hydrogen) atoms. The zero-order chi connectivity index (χ0) is 12.3. The van der Waals surface area contributed by atoms with E-state index >= 15 is 0 Å². The van der Waals surface area contributed by atoms with E-state index in [9.17, 15) is 5.11 Å². The Labute approximate surface area is 107 Å². The molecular weight excluding hydrogens is 238 g/mol. The van der Waals surface area contributed by atoms with Gasteiger partial charge in [-0.15, -0.1) is 0 Å². The number of benzene rings is 1. The summed E-state index contributed by atoms with van der Waals surface area (Å²) in [5.41, 5.74) is 6.13. The second-order valence-electron chi connectivity index (χ2n) is 4.47. The second-order valence-corrected chi connectivity index (χ2v) is 4.87. The van der Waals surface area contributed by atoms with Gasteiger partial charge in [0.05, 0.1) is 17.2 Å². The van der Waals surface area contributed by atoms with Crippen LogP contribution in [0.25, 0.3) is 0 Å². The van der Waals surface area contributed by atoms with E-state index in [1.165, 1.54) is 12.8 Å². The van der Waals surface area contributed by atoms with E-state index in [2.05, 4.69) is 0 Å². The van der Waals surface area contributed by atoms with E-state index in [0.29, 0.717) is 10.8 Å². The quantitative estimate of drug-likeness (QED) is 0.870. The summed E-state index contributed by atoms with van der Waals surface area (Å²) in [5, 5.41) is 10.1. The smallest absolute Gasteiger partial charge is 0.138 e. The monoisotopic (exact) mass is 255 g/mol. The van der Waals surface area contributed by atoms with Crippen molar-refractivity contribution in [2.45, 2.75) is 37.9 Å². The molecule has 94 valence electrons. The van der Waals surface area contributed by atoms with Gasteiger partial charge >= 0.3 is 0 Å². The molecule has 3 nitrogen and oxygen atoms in total. The van der Waals surface area contributed by atoms with Crippen molar-refractivity contribution in [3.8, 4) is 5.75 Å². The van der Waals surface area contributed by atoms with E-state index in [1.807, 2.05) is 12.1 Å². The number of hydrogen-bond acceptors (Lipinski definition) is 3. The first-order valence-corrected chi connectivity index (χ1v) is 6.42. The van der Waals surface area contributed by atoms with Crippen molar-refractivity contribution in [1.29, 1.82) is 0 Å². The van der Waals surface area contributed by atoms with Crippen LogP contribution >= 0.6 is 11.6 Å². The minimum absolute atomic E-state index is 0.194. The summed E-state index contributed by atoms with van der Waals surface area (Å²) >= 11 is 6.13. The highest BCUT2D eigenvalue weighted by atomic mass is 35.5. The van der Waals surface area contributed by atoms with Crippen LogP contribution in [0.4, 0.5) is 0 Å². The third-order valence-corrected chi connectivity index (χ3v) is 3.46. The summed E-state index contributed by atoms with van der Waals surface area (Å²) in [4.78, 5) is 0. The molecule has 0 saturated heterocycles. The largest absolute Gasteiger partial charge is 0.489 e. The minimum Gasteiger partial charge on any atom is -0.489 e. The number of nitrogens with two attached hydrogens (primary N) is 1. The van der Waals surface area contributed by atoms with Crippen molar-refractivity contribution in [2.75, 3.05) is 6.54 Å². The highest BCUT2D eigenvalue weighted by Gasteiger charge is 2.18. The van der Waals surface area contributed by atoms with Gasteiger partial charge in [0, 0.05) is 6.54 Å². The molecule has 1 aromatic carbocycles. The molecule has 1 aliphatic rings. The third-order valence-electron chi connectivity index (χ3n) is 3.16. The molecule has 3 N–H and O–H groups in total. The van der Waals surface area contributed by atoms with Gasteiger partial charge in [0.1, 0.15) is 5.75 Å². The average molecular weight is 256 g/mol. The molecule has 0 radical (unpaired) electrons. The van der Waals surface area contributed by atoms with Crippen LogP contribution in [0, 0.1) is 0 Å². The number of hydrogen-bond donors (Lipinski definition) is 2. The Morgan fingerprint density at radius 1 is 1.41 bits per heavy atom. The Morgan fingerprint density at radius 2 is 2.12 bits per heavy atom. The van der Waals surface area contributed by atoms with E-state index in [1.54, 1.807) is 6.07 Å². The molecule has 1 fully saturated rings. The fraction of sp³-hybridized carbons (Fsp3) is 0.538. The van der Waals surface area contributed by atoms with Crippen molar-refractivity contribution >= 4 is 11.6 Å². The van der Waals surface area contributed by atoms with Crippen LogP contribution in [-0.2, 0) is 0 Å². The number of ether oxygens (including phenoxy) is 1. The Morgan fingerprint density at radius 3 is 2.71 bits per heavy atom. The molecule has 1 aliphatic carbocycles. The van der Waals surface area contributed by atoms with Crippen molar-refractivity contribution in [3.63, 3.8) is 0 Å². The van der Waals surface area contributed by atoms with E-state index in [4.69, 9.17) is 22.1 Å². The van der Waals surface area contributed by atoms with E-state index in [0.717, 1.165) is 18.4 Å². The lowest BCUT2D eigenvalue weighted by molar-refractivity contribution is 0.186. The second kappa shape index (κ2) is 5.71. The maximum atomic E-state index is 9.60. The molecular formula is C13H18ClNO2. The predicted octanol–water partition coefficient (Wildman–Crippen LogP) is 2.65. The van der Waals surface area contributed by atoms with Gasteiger partial charge < -0.3 is 15.6 Å². The van der Waals surface area contributed by atoms with Crippen LogP contribution in [0.3, 0.4) is 0 Å². The molecule has 0 spiro atoms. The fourth-order valence-corrected chi connectivity index (χ4v) is 2.38. The van der Waals surface area contributed by atoms with Gasteiger partial charge in [0.25, 0.3) is 0 Å². The standard InChI is InChI=1S/C13H18ClNO2/c14-11-7-9(12(16)8-15)5-6-13(11)17-10-3-1-2-4-10/h5-7,10,12,16H,1-4,8,15H2. The molecule has 1 saturated carbocycles. The molecule has 0 heterocycles. The highest BCUT2D eigenvalue weighted by Crippen LogP contribution is 2.31. The van der Waals surface area contributed by atoms with Gasteiger partial charge in [0.2, 0.25) is 0 Å². The third kappa shape index (κ3) is 3.12. The first kappa shape index (κ1) is 12.7. The Balaban J connectivity index is 2.08. The number of rotatable bonds is 4. The average Bonchev–Trinajstić information content (AvgIpc) is 2.83. The summed E-state index contributed by atoms with van der Waals surface area (Å²) < 4.78 is 5.83. The van der Waals surface area contributed by atoms with E-state index < -0.39 is 6.10 Å². The summed E-state index contributed by atoms with van der Waals surface area (Å²) in [5.74, 6) is 0.700. The maximum Gasteiger partial charge on any atom is 0.138 e. The SMILES string of the molecule is NCC(O)c1ccc(OC2CCCC2)c(Cl)c1. The molecule has 1 atom stereocenters. The summed E-state index contributed by atoms with van der Waals surface area (Å²) in [6, 6.07) is 5.35. The Bertz CT molecular complexity index is 378. The van der Waals surface area contributed by atoms with Gasteiger partial charge in [-0.3, -0.25) is 0 Å². The molecule has 0 bridgehead atoms. The lowest BCUT2D eigenvalue weighted by Gasteiger charge is -2.16. The lowest BCUT2D eigenvalue weighted by atomic mass is 10.1. The first-order chi connectivity index (χ1) is 8.20. The first-order valence-electron chi connectivity index (χ1n) is 6.05. The van der Waals surface area contributed by atoms with Crippen LogP contribution in [0.15, 0.2) is 18.2 Å². The maximum absolute atomic E-state index is 9.60. The van der Waals surface area contributed by atoms with Crippen LogP contribution in [0.5, 0.6) is 5.75 Å². The summed E-state index contributed by atoms with van der Waals surface area (Å²) in [6.45, 7) is 0.194. The topological polar surface area (TPSA) is 55.5 Å². The predicted molar refractivity (Wildman–Crippen MR) is 68.4 cm³/mol. The molecule has 2 rings (SSSR count).